The van der Waals surface area contributed by atoms with E-state index in [9.17, 15) is 24.0 Å². The van der Waals surface area contributed by atoms with Crippen molar-refractivity contribution in [3.05, 3.63) is 86.0 Å². The summed E-state index contributed by atoms with van der Waals surface area (Å²) in [4.78, 5) is 63.8. The average molecular weight is 697 g/mol. The Morgan fingerprint density at radius 2 is 1.72 bits per heavy atom. The van der Waals surface area contributed by atoms with E-state index in [4.69, 9.17) is 9.47 Å². The van der Waals surface area contributed by atoms with E-state index in [-0.39, 0.29) is 35.9 Å². The highest BCUT2D eigenvalue weighted by Gasteiger charge is 2.37. The number of urea groups is 1. The molecule has 0 aromatic heterocycles. The standard InChI is InChI=1S/C31H28IN3O8/c1-5-42-25-15-19(14-23(32)27(25)43-16-26(36)33-24-12-17(2)6-7-18(24)3)13-22-28(37)34-31(40)35(29(22)38)21-10-8-20(9-11-21)30(39)41-4/h6-15H,5,16H2,1-4H3,(H,33,36)(H,34,37,40)/b22-13-. The number of amides is 5. The smallest absolute Gasteiger partial charge is 0.337 e. The lowest BCUT2D eigenvalue weighted by atomic mass is 10.1. The minimum atomic E-state index is -0.926. The SMILES string of the molecule is CCOc1cc(/C=C2/C(=O)NC(=O)N(c3ccc(C(=O)OC)cc3)C2=O)cc(I)c1OCC(=O)Nc1cc(C)ccc1C. The van der Waals surface area contributed by atoms with Gasteiger partial charge in [-0.1, -0.05) is 12.1 Å². The van der Waals surface area contributed by atoms with Crippen LogP contribution in [0.2, 0.25) is 0 Å². The second kappa shape index (κ2) is 13.5. The lowest BCUT2D eigenvalue weighted by molar-refractivity contribution is -0.122. The Balaban J connectivity index is 1.58. The van der Waals surface area contributed by atoms with Gasteiger partial charge in [0.25, 0.3) is 17.7 Å². The summed E-state index contributed by atoms with van der Waals surface area (Å²) in [6, 6.07) is 13.7. The van der Waals surface area contributed by atoms with Crippen LogP contribution in [0.25, 0.3) is 6.08 Å². The largest absolute Gasteiger partial charge is 0.490 e. The summed E-state index contributed by atoms with van der Waals surface area (Å²) in [6.45, 7) is 5.61. The van der Waals surface area contributed by atoms with Gasteiger partial charge in [-0.15, -0.1) is 0 Å². The molecule has 222 valence electrons. The molecular formula is C31H28IN3O8. The predicted octanol–water partition coefficient (Wildman–Crippen LogP) is 4.78. The van der Waals surface area contributed by atoms with Crippen LogP contribution in [0.3, 0.4) is 0 Å². The molecule has 43 heavy (non-hydrogen) atoms. The van der Waals surface area contributed by atoms with Crippen LogP contribution in [0.5, 0.6) is 11.5 Å². The first-order chi connectivity index (χ1) is 20.5. The molecule has 0 unspecified atom stereocenters. The van der Waals surface area contributed by atoms with Crippen molar-refractivity contribution in [2.45, 2.75) is 20.8 Å². The molecule has 1 heterocycles. The average Bonchev–Trinajstić information content (AvgIpc) is 2.96. The van der Waals surface area contributed by atoms with Crippen LogP contribution < -0.4 is 25.0 Å². The van der Waals surface area contributed by atoms with Gasteiger partial charge in [-0.3, -0.25) is 19.7 Å². The van der Waals surface area contributed by atoms with E-state index in [1.807, 2.05) is 54.6 Å². The number of carbonyl (C=O) groups is 5. The summed E-state index contributed by atoms with van der Waals surface area (Å²) < 4.78 is 16.8. The van der Waals surface area contributed by atoms with Crippen molar-refractivity contribution in [1.29, 1.82) is 0 Å². The third-order valence-corrected chi connectivity index (χ3v) is 7.11. The highest BCUT2D eigenvalue weighted by molar-refractivity contribution is 14.1. The van der Waals surface area contributed by atoms with Crippen LogP contribution in [0.4, 0.5) is 16.2 Å². The molecule has 3 aromatic carbocycles. The maximum atomic E-state index is 13.3. The summed E-state index contributed by atoms with van der Waals surface area (Å²) >= 11 is 2.01. The van der Waals surface area contributed by atoms with Gasteiger partial charge < -0.3 is 19.5 Å². The fraction of sp³-hybridized carbons (Fsp3) is 0.194. The molecular weight excluding hydrogens is 669 g/mol. The molecule has 4 rings (SSSR count). The zero-order chi connectivity index (χ0) is 31.3. The Labute approximate surface area is 261 Å². The predicted molar refractivity (Wildman–Crippen MR) is 167 cm³/mol. The number of rotatable bonds is 9. The Hall–Kier alpha value is -4.72. The summed E-state index contributed by atoms with van der Waals surface area (Å²) in [6.07, 6.45) is 1.33. The molecule has 1 aliphatic rings. The van der Waals surface area contributed by atoms with Gasteiger partial charge in [0.1, 0.15) is 5.57 Å². The third-order valence-electron chi connectivity index (χ3n) is 6.31. The van der Waals surface area contributed by atoms with Crippen LogP contribution in [0, 0.1) is 17.4 Å². The third kappa shape index (κ3) is 7.20. The number of nitrogens with one attached hydrogen (secondary N) is 2. The van der Waals surface area contributed by atoms with Crippen molar-refractivity contribution in [1.82, 2.24) is 5.32 Å². The van der Waals surface area contributed by atoms with Crippen molar-refractivity contribution in [3.63, 3.8) is 0 Å². The second-order valence-corrected chi connectivity index (χ2v) is 10.6. The zero-order valence-corrected chi connectivity index (χ0v) is 25.9. The number of benzene rings is 3. The molecule has 0 spiro atoms. The van der Waals surface area contributed by atoms with Crippen molar-refractivity contribution in [2.75, 3.05) is 30.5 Å². The maximum Gasteiger partial charge on any atom is 0.337 e. The lowest BCUT2D eigenvalue weighted by Crippen LogP contribution is -2.54. The Morgan fingerprint density at radius 1 is 1.00 bits per heavy atom. The fourth-order valence-electron chi connectivity index (χ4n) is 4.19. The minimum absolute atomic E-state index is 0.154. The van der Waals surface area contributed by atoms with E-state index in [0.29, 0.717) is 26.3 Å². The molecule has 5 amide bonds. The van der Waals surface area contributed by atoms with E-state index >= 15 is 0 Å². The van der Waals surface area contributed by atoms with Crippen molar-refractivity contribution in [3.8, 4) is 11.5 Å². The van der Waals surface area contributed by atoms with Crippen LogP contribution in [0.15, 0.2) is 60.2 Å². The molecule has 2 N–H and O–H groups in total. The molecule has 0 atom stereocenters. The van der Waals surface area contributed by atoms with E-state index < -0.39 is 23.8 Å². The number of hydrogen-bond donors (Lipinski definition) is 2. The van der Waals surface area contributed by atoms with Crippen molar-refractivity contribution >= 4 is 69.8 Å². The highest BCUT2D eigenvalue weighted by atomic mass is 127. The van der Waals surface area contributed by atoms with E-state index in [0.717, 1.165) is 16.0 Å². The molecule has 1 aliphatic heterocycles. The molecule has 0 saturated carbocycles. The quantitative estimate of drug-likeness (QED) is 0.141. The van der Waals surface area contributed by atoms with Gasteiger partial charge in [-0.2, -0.15) is 0 Å². The van der Waals surface area contributed by atoms with E-state index in [2.05, 4.69) is 15.4 Å². The lowest BCUT2D eigenvalue weighted by Gasteiger charge is -2.26. The van der Waals surface area contributed by atoms with Crippen LogP contribution in [-0.4, -0.2) is 50.0 Å². The number of halogens is 1. The zero-order valence-electron chi connectivity index (χ0n) is 23.8. The van der Waals surface area contributed by atoms with Gasteiger partial charge in [-0.05, 0) is 109 Å². The number of hydrogen-bond acceptors (Lipinski definition) is 8. The topological polar surface area (TPSA) is 140 Å². The number of aryl methyl sites for hydroxylation is 2. The number of nitrogens with zero attached hydrogens (tertiary/aromatic N) is 1. The van der Waals surface area contributed by atoms with Crippen LogP contribution >= 0.6 is 22.6 Å². The molecule has 0 aliphatic carbocycles. The van der Waals surface area contributed by atoms with Crippen molar-refractivity contribution < 1.29 is 38.2 Å². The molecule has 3 aromatic rings. The summed E-state index contributed by atoms with van der Waals surface area (Å²) in [5, 5.41) is 5.01. The molecule has 1 saturated heterocycles. The maximum absolute atomic E-state index is 13.3. The molecule has 12 heteroatoms. The first-order valence-corrected chi connectivity index (χ1v) is 14.2. The number of carbonyl (C=O) groups excluding carboxylic acids is 5. The van der Waals surface area contributed by atoms with Gasteiger partial charge >= 0.3 is 12.0 Å². The van der Waals surface area contributed by atoms with Crippen molar-refractivity contribution in [2.24, 2.45) is 0 Å². The number of anilines is 2. The molecule has 0 bridgehead atoms. The van der Waals surface area contributed by atoms with E-state index in [1.165, 1.54) is 37.5 Å². The highest BCUT2D eigenvalue weighted by Crippen LogP contribution is 2.35. The molecule has 11 nitrogen and oxygen atoms in total. The van der Waals surface area contributed by atoms with Crippen LogP contribution in [-0.2, 0) is 19.1 Å². The number of methoxy groups -OCH3 is 1. The summed E-state index contributed by atoms with van der Waals surface area (Å²) in [5.74, 6) is -2.03. The van der Waals surface area contributed by atoms with Gasteiger partial charge in [0.2, 0.25) is 0 Å². The van der Waals surface area contributed by atoms with Gasteiger partial charge in [0.15, 0.2) is 18.1 Å². The first-order valence-electron chi connectivity index (χ1n) is 13.1. The Bertz CT molecular complexity index is 1650. The fourth-order valence-corrected chi connectivity index (χ4v) is 4.97. The first kappa shape index (κ1) is 31.2. The summed E-state index contributed by atoms with van der Waals surface area (Å²) in [7, 11) is 1.24. The summed E-state index contributed by atoms with van der Waals surface area (Å²) in [5.41, 5.74) is 3.13. The van der Waals surface area contributed by atoms with Gasteiger partial charge in [0.05, 0.1) is 28.5 Å². The number of esters is 1. The van der Waals surface area contributed by atoms with Gasteiger partial charge in [0, 0.05) is 5.69 Å². The molecule has 1 fully saturated rings. The second-order valence-electron chi connectivity index (χ2n) is 9.41. The van der Waals surface area contributed by atoms with E-state index in [1.54, 1.807) is 19.1 Å². The molecule has 0 radical (unpaired) electrons. The number of barbiturate groups is 1. The Morgan fingerprint density at radius 3 is 2.40 bits per heavy atom. The minimum Gasteiger partial charge on any atom is -0.490 e. The normalized spacial score (nSPS) is 13.9. The number of ether oxygens (including phenoxy) is 3. The Kier molecular flexibility index (Phi) is 9.80. The van der Waals surface area contributed by atoms with Gasteiger partial charge in [-0.25, -0.2) is 14.5 Å². The number of imide groups is 2. The van der Waals surface area contributed by atoms with Crippen LogP contribution in [0.1, 0.15) is 34.0 Å². The monoisotopic (exact) mass is 697 g/mol.